The Labute approximate surface area is 111 Å². The molecule has 0 spiro atoms. The van der Waals surface area contributed by atoms with Crippen molar-refractivity contribution >= 4 is 17.2 Å². The Morgan fingerprint density at radius 1 is 1.44 bits per heavy atom. The van der Waals surface area contributed by atoms with Gasteiger partial charge in [-0.15, -0.1) is 11.3 Å². The van der Waals surface area contributed by atoms with Crippen LogP contribution in [0.3, 0.4) is 0 Å². The van der Waals surface area contributed by atoms with E-state index < -0.39 is 0 Å². The number of thiophene rings is 1. The zero-order valence-corrected chi connectivity index (χ0v) is 11.5. The van der Waals surface area contributed by atoms with Crippen LogP contribution < -0.4 is 5.32 Å². The lowest BCUT2D eigenvalue weighted by molar-refractivity contribution is 0.0944. The maximum Gasteiger partial charge on any atom is 0.261 e. The number of aromatic nitrogens is 1. The van der Waals surface area contributed by atoms with Crippen molar-refractivity contribution < 1.29 is 4.79 Å². The number of amides is 1. The van der Waals surface area contributed by atoms with Gasteiger partial charge in [0, 0.05) is 17.3 Å². The van der Waals surface area contributed by atoms with Crippen LogP contribution in [0.1, 0.15) is 38.6 Å². The van der Waals surface area contributed by atoms with Gasteiger partial charge in [-0.05, 0) is 44.0 Å². The van der Waals surface area contributed by atoms with Crippen molar-refractivity contribution in [3.63, 3.8) is 0 Å². The summed E-state index contributed by atoms with van der Waals surface area (Å²) >= 11 is 1.53. The first-order valence-corrected chi connectivity index (χ1v) is 6.67. The van der Waals surface area contributed by atoms with Crippen LogP contribution in [-0.2, 0) is 0 Å². The second kappa shape index (κ2) is 5.31. The van der Waals surface area contributed by atoms with Gasteiger partial charge in [-0.2, -0.15) is 0 Å². The number of aryl methyl sites for hydroxylation is 2. The van der Waals surface area contributed by atoms with Gasteiger partial charge in [-0.25, -0.2) is 0 Å². The molecule has 1 amide bonds. The lowest BCUT2D eigenvalue weighted by atomic mass is 10.1. The molecule has 0 saturated carbocycles. The molecule has 1 N–H and O–H groups in total. The summed E-state index contributed by atoms with van der Waals surface area (Å²) in [5.41, 5.74) is 2.18. The van der Waals surface area contributed by atoms with Crippen LogP contribution in [0, 0.1) is 13.8 Å². The lowest BCUT2D eigenvalue weighted by Gasteiger charge is -2.12. The predicted octanol–water partition coefficient (Wildman–Crippen LogP) is 3.25. The molecule has 3 nitrogen and oxygen atoms in total. The summed E-state index contributed by atoms with van der Waals surface area (Å²) in [5, 5.41) is 2.98. The number of hydrogen-bond acceptors (Lipinski definition) is 3. The highest BCUT2D eigenvalue weighted by atomic mass is 32.1. The molecule has 4 heteroatoms. The molecule has 2 aromatic rings. The van der Waals surface area contributed by atoms with Crippen molar-refractivity contribution in [1.82, 2.24) is 10.3 Å². The van der Waals surface area contributed by atoms with Crippen LogP contribution in [-0.4, -0.2) is 10.9 Å². The van der Waals surface area contributed by atoms with Crippen molar-refractivity contribution in [3.05, 3.63) is 51.5 Å². The number of nitrogens with one attached hydrogen (secondary N) is 1. The smallest absolute Gasteiger partial charge is 0.261 e. The van der Waals surface area contributed by atoms with Gasteiger partial charge in [0.15, 0.2) is 0 Å². The third-order valence-electron chi connectivity index (χ3n) is 2.92. The van der Waals surface area contributed by atoms with Gasteiger partial charge in [0.2, 0.25) is 0 Å². The van der Waals surface area contributed by atoms with E-state index in [4.69, 9.17) is 0 Å². The molecule has 0 fully saturated rings. The zero-order chi connectivity index (χ0) is 13.1. The second-order valence-electron chi connectivity index (χ2n) is 4.33. The van der Waals surface area contributed by atoms with E-state index in [1.165, 1.54) is 21.8 Å². The Morgan fingerprint density at radius 3 is 2.78 bits per heavy atom. The molecule has 2 heterocycles. The van der Waals surface area contributed by atoms with E-state index in [2.05, 4.69) is 10.3 Å². The minimum atomic E-state index is -0.0334. The molecule has 2 aromatic heterocycles. The SMILES string of the molecule is Cc1cc(C(=O)NC(C)c2cccnc2)sc1C. The van der Waals surface area contributed by atoms with E-state index in [9.17, 15) is 4.79 Å². The Morgan fingerprint density at radius 2 is 2.22 bits per heavy atom. The summed E-state index contributed by atoms with van der Waals surface area (Å²) in [7, 11) is 0. The average Bonchev–Trinajstić information content (AvgIpc) is 2.71. The largest absolute Gasteiger partial charge is 0.345 e. The van der Waals surface area contributed by atoms with E-state index in [-0.39, 0.29) is 11.9 Å². The van der Waals surface area contributed by atoms with Gasteiger partial charge in [0.05, 0.1) is 10.9 Å². The summed E-state index contributed by atoms with van der Waals surface area (Å²) in [6.45, 7) is 6.01. The molecule has 0 aliphatic carbocycles. The van der Waals surface area contributed by atoms with E-state index in [0.717, 1.165) is 10.4 Å². The first kappa shape index (κ1) is 12.8. The van der Waals surface area contributed by atoms with Gasteiger partial charge in [0.1, 0.15) is 0 Å². The van der Waals surface area contributed by atoms with Gasteiger partial charge in [-0.3, -0.25) is 9.78 Å². The Balaban J connectivity index is 2.08. The Bertz CT molecular complexity index is 529. The predicted molar refractivity (Wildman–Crippen MR) is 73.9 cm³/mol. The van der Waals surface area contributed by atoms with Crippen LogP contribution in [0.25, 0.3) is 0 Å². The number of nitrogens with zero attached hydrogens (tertiary/aromatic N) is 1. The molecule has 1 atom stereocenters. The maximum atomic E-state index is 12.1. The van der Waals surface area contributed by atoms with Crippen LogP contribution >= 0.6 is 11.3 Å². The molecular formula is C14H16N2OS. The van der Waals surface area contributed by atoms with Crippen molar-refractivity contribution in [3.8, 4) is 0 Å². The minimum absolute atomic E-state index is 0.0208. The number of rotatable bonds is 3. The molecule has 0 aliphatic rings. The second-order valence-corrected chi connectivity index (χ2v) is 5.59. The fourth-order valence-electron chi connectivity index (χ4n) is 1.67. The highest BCUT2D eigenvalue weighted by Gasteiger charge is 2.14. The Hall–Kier alpha value is -1.68. The molecule has 0 aliphatic heterocycles. The van der Waals surface area contributed by atoms with E-state index in [1.807, 2.05) is 39.0 Å². The zero-order valence-electron chi connectivity index (χ0n) is 10.7. The third kappa shape index (κ3) is 2.76. The molecule has 2 rings (SSSR count). The van der Waals surface area contributed by atoms with E-state index in [0.29, 0.717) is 0 Å². The first-order chi connectivity index (χ1) is 8.58. The number of pyridine rings is 1. The van der Waals surface area contributed by atoms with Gasteiger partial charge in [0.25, 0.3) is 5.91 Å². The normalized spacial score (nSPS) is 12.2. The maximum absolute atomic E-state index is 12.1. The summed E-state index contributed by atoms with van der Waals surface area (Å²) in [5.74, 6) is -0.0208. The number of carbonyl (C=O) groups is 1. The molecule has 18 heavy (non-hydrogen) atoms. The van der Waals surface area contributed by atoms with Crippen molar-refractivity contribution in [1.29, 1.82) is 0 Å². The Kier molecular flexibility index (Phi) is 3.77. The molecule has 94 valence electrons. The average molecular weight is 260 g/mol. The molecule has 0 radical (unpaired) electrons. The highest BCUT2D eigenvalue weighted by Crippen LogP contribution is 2.21. The monoisotopic (exact) mass is 260 g/mol. The third-order valence-corrected chi connectivity index (χ3v) is 4.07. The fraction of sp³-hybridized carbons (Fsp3) is 0.286. The first-order valence-electron chi connectivity index (χ1n) is 5.85. The summed E-state index contributed by atoms with van der Waals surface area (Å²) < 4.78 is 0. The van der Waals surface area contributed by atoms with Crippen molar-refractivity contribution in [2.24, 2.45) is 0 Å². The quantitative estimate of drug-likeness (QED) is 0.920. The highest BCUT2D eigenvalue weighted by molar-refractivity contribution is 7.14. The minimum Gasteiger partial charge on any atom is -0.345 e. The van der Waals surface area contributed by atoms with Crippen LogP contribution in [0.15, 0.2) is 30.6 Å². The van der Waals surface area contributed by atoms with Crippen molar-refractivity contribution in [2.75, 3.05) is 0 Å². The standard InChI is InChI=1S/C14H16N2OS/c1-9-7-13(18-11(9)3)14(17)16-10(2)12-5-4-6-15-8-12/h4-8,10H,1-3H3,(H,16,17). The van der Waals surface area contributed by atoms with Crippen molar-refractivity contribution in [2.45, 2.75) is 26.8 Å². The van der Waals surface area contributed by atoms with Gasteiger partial charge >= 0.3 is 0 Å². The molecule has 0 saturated heterocycles. The number of hydrogen-bond donors (Lipinski definition) is 1. The summed E-state index contributed by atoms with van der Waals surface area (Å²) in [4.78, 5) is 18.1. The molecule has 0 bridgehead atoms. The fourth-order valence-corrected chi connectivity index (χ4v) is 2.61. The summed E-state index contributed by atoms with van der Waals surface area (Å²) in [6, 6.07) is 5.74. The molecular weight excluding hydrogens is 244 g/mol. The number of carbonyl (C=O) groups excluding carboxylic acids is 1. The molecule has 0 aromatic carbocycles. The van der Waals surface area contributed by atoms with Gasteiger partial charge in [-0.1, -0.05) is 6.07 Å². The lowest BCUT2D eigenvalue weighted by Crippen LogP contribution is -2.25. The van der Waals surface area contributed by atoms with Crippen LogP contribution in [0.4, 0.5) is 0 Å². The van der Waals surface area contributed by atoms with Gasteiger partial charge < -0.3 is 5.32 Å². The molecule has 1 unspecified atom stereocenters. The van der Waals surface area contributed by atoms with Crippen LogP contribution in [0.5, 0.6) is 0 Å². The van der Waals surface area contributed by atoms with E-state index >= 15 is 0 Å². The van der Waals surface area contributed by atoms with Crippen LogP contribution in [0.2, 0.25) is 0 Å². The van der Waals surface area contributed by atoms with E-state index in [1.54, 1.807) is 12.4 Å². The summed E-state index contributed by atoms with van der Waals surface area (Å²) in [6.07, 6.45) is 3.50. The topological polar surface area (TPSA) is 42.0 Å².